The standard InChI is InChI=1S/C20H25N3O3/c1-26-20(25)14-6-7-16-17(10-14)21-18(22-19(16)24)12-23-9-8-13-4-2-3-5-15(13)11-23/h6-7,10,13,15H,2-5,8-9,11-12H2,1H3,(H,21,22,24). The molecule has 2 unspecified atom stereocenters. The molecule has 1 aliphatic heterocycles. The minimum Gasteiger partial charge on any atom is -0.465 e. The van der Waals surface area contributed by atoms with E-state index in [1.807, 2.05) is 0 Å². The van der Waals surface area contributed by atoms with E-state index >= 15 is 0 Å². The summed E-state index contributed by atoms with van der Waals surface area (Å²) in [6.45, 7) is 2.80. The van der Waals surface area contributed by atoms with Crippen LogP contribution in [0.1, 0.15) is 48.3 Å². The summed E-state index contributed by atoms with van der Waals surface area (Å²) in [4.78, 5) is 34.0. The second-order valence-corrected chi connectivity index (χ2v) is 7.56. The van der Waals surface area contributed by atoms with Crippen LogP contribution in [0.5, 0.6) is 0 Å². The molecule has 0 spiro atoms. The predicted octanol–water partition coefficient (Wildman–Crippen LogP) is 2.72. The fourth-order valence-corrected chi connectivity index (χ4v) is 4.54. The Morgan fingerprint density at radius 2 is 2.08 bits per heavy atom. The van der Waals surface area contributed by atoms with Crippen LogP contribution in [0.4, 0.5) is 0 Å². The van der Waals surface area contributed by atoms with Gasteiger partial charge in [-0.25, -0.2) is 9.78 Å². The predicted molar refractivity (Wildman–Crippen MR) is 99.0 cm³/mol. The number of likely N-dealkylation sites (tertiary alicyclic amines) is 1. The number of ether oxygens (including phenoxy) is 1. The number of hydrogen-bond acceptors (Lipinski definition) is 5. The van der Waals surface area contributed by atoms with Crippen molar-refractivity contribution in [3.05, 3.63) is 39.9 Å². The highest BCUT2D eigenvalue weighted by molar-refractivity contribution is 5.93. The van der Waals surface area contributed by atoms with Crippen LogP contribution >= 0.6 is 0 Å². The minimum atomic E-state index is -0.421. The Hall–Kier alpha value is -2.21. The zero-order valence-corrected chi connectivity index (χ0v) is 15.2. The van der Waals surface area contributed by atoms with Gasteiger partial charge in [-0.3, -0.25) is 9.69 Å². The molecule has 4 rings (SSSR count). The number of H-pyrrole nitrogens is 1. The number of aromatic amines is 1. The van der Waals surface area contributed by atoms with Gasteiger partial charge in [0.05, 0.1) is 30.1 Å². The maximum absolute atomic E-state index is 12.4. The summed E-state index contributed by atoms with van der Waals surface area (Å²) in [6.07, 6.45) is 6.67. The van der Waals surface area contributed by atoms with Crippen molar-refractivity contribution in [2.75, 3.05) is 20.2 Å². The van der Waals surface area contributed by atoms with Gasteiger partial charge < -0.3 is 9.72 Å². The molecule has 0 bridgehead atoms. The second kappa shape index (κ2) is 7.19. The molecule has 2 atom stereocenters. The molecule has 1 saturated heterocycles. The molecule has 0 amide bonds. The lowest BCUT2D eigenvalue weighted by molar-refractivity contribution is 0.0601. The zero-order valence-electron chi connectivity index (χ0n) is 15.2. The zero-order chi connectivity index (χ0) is 18.1. The van der Waals surface area contributed by atoms with Crippen molar-refractivity contribution in [3.63, 3.8) is 0 Å². The summed E-state index contributed by atoms with van der Waals surface area (Å²) >= 11 is 0. The Morgan fingerprint density at radius 3 is 2.88 bits per heavy atom. The number of esters is 1. The van der Waals surface area contributed by atoms with Gasteiger partial charge >= 0.3 is 5.97 Å². The van der Waals surface area contributed by atoms with E-state index in [-0.39, 0.29) is 5.56 Å². The van der Waals surface area contributed by atoms with Gasteiger partial charge in [0.2, 0.25) is 0 Å². The molecule has 6 heteroatoms. The van der Waals surface area contributed by atoms with Gasteiger partial charge in [0.25, 0.3) is 5.56 Å². The average Bonchev–Trinajstić information content (AvgIpc) is 2.67. The van der Waals surface area contributed by atoms with Gasteiger partial charge in [0.1, 0.15) is 5.82 Å². The molecule has 1 saturated carbocycles. The van der Waals surface area contributed by atoms with E-state index in [1.54, 1.807) is 18.2 Å². The molecule has 2 heterocycles. The van der Waals surface area contributed by atoms with Crippen molar-refractivity contribution in [3.8, 4) is 0 Å². The summed E-state index contributed by atoms with van der Waals surface area (Å²) in [6, 6.07) is 4.86. The lowest BCUT2D eigenvalue weighted by atomic mass is 9.75. The highest BCUT2D eigenvalue weighted by Crippen LogP contribution is 2.36. The van der Waals surface area contributed by atoms with Crippen molar-refractivity contribution in [2.24, 2.45) is 11.8 Å². The van der Waals surface area contributed by atoms with Gasteiger partial charge in [-0.1, -0.05) is 19.3 Å². The van der Waals surface area contributed by atoms with Crippen LogP contribution in [0.25, 0.3) is 10.9 Å². The third kappa shape index (κ3) is 3.38. The van der Waals surface area contributed by atoms with Crippen molar-refractivity contribution < 1.29 is 9.53 Å². The molecule has 2 aliphatic rings. The van der Waals surface area contributed by atoms with Crippen LogP contribution in [-0.2, 0) is 11.3 Å². The lowest BCUT2D eigenvalue weighted by Crippen LogP contribution is -2.41. The Bertz CT molecular complexity index is 876. The molecule has 1 N–H and O–H groups in total. The number of nitrogens with zero attached hydrogens (tertiary/aromatic N) is 2. The van der Waals surface area contributed by atoms with E-state index < -0.39 is 5.97 Å². The molecule has 26 heavy (non-hydrogen) atoms. The van der Waals surface area contributed by atoms with Crippen LogP contribution in [0, 0.1) is 11.8 Å². The third-order valence-corrected chi connectivity index (χ3v) is 5.93. The van der Waals surface area contributed by atoms with E-state index in [0.29, 0.717) is 28.8 Å². The van der Waals surface area contributed by atoms with Crippen molar-refractivity contribution in [2.45, 2.75) is 38.6 Å². The van der Waals surface area contributed by atoms with E-state index in [1.165, 1.54) is 39.2 Å². The lowest BCUT2D eigenvalue weighted by Gasteiger charge is -2.41. The number of carbonyl (C=O) groups is 1. The number of carbonyl (C=O) groups excluding carboxylic acids is 1. The molecule has 1 aliphatic carbocycles. The molecule has 1 aromatic carbocycles. The topological polar surface area (TPSA) is 75.3 Å². The number of methoxy groups -OCH3 is 1. The van der Waals surface area contributed by atoms with Crippen LogP contribution in [0.2, 0.25) is 0 Å². The Balaban J connectivity index is 1.56. The number of aromatic nitrogens is 2. The molecule has 1 aromatic heterocycles. The van der Waals surface area contributed by atoms with E-state index in [0.717, 1.165) is 24.9 Å². The van der Waals surface area contributed by atoms with E-state index in [9.17, 15) is 9.59 Å². The molecule has 2 fully saturated rings. The quantitative estimate of drug-likeness (QED) is 0.857. The number of nitrogens with one attached hydrogen (secondary N) is 1. The summed E-state index contributed by atoms with van der Waals surface area (Å²) in [5.41, 5.74) is 0.792. The molecular weight excluding hydrogens is 330 g/mol. The summed E-state index contributed by atoms with van der Waals surface area (Å²) in [5, 5.41) is 0.493. The SMILES string of the molecule is COC(=O)c1ccc2c(=O)[nH]c(CN3CCC4CCCCC4C3)nc2c1. The maximum Gasteiger partial charge on any atom is 0.337 e. The van der Waals surface area contributed by atoms with E-state index in [4.69, 9.17) is 4.74 Å². The second-order valence-electron chi connectivity index (χ2n) is 7.56. The minimum absolute atomic E-state index is 0.158. The monoisotopic (exact) mass is 355 g/mol. The largest absolute Gasteiger partial charge is 0.465 e. The number of piperidine rings is 1. The molecule has 6 nitrogen and oxygen atoms in total. The molecule has 138 valence electrons. The van der Waals surface area contributed by atoms with Gasteiger partial charge in [-0.2, -0.15) is 0 Å². The Morgan fingerprint density at radius 1 is 1.27 bits per heavy atom. The van der Waals surface area contributed by atoms with Crippen LogP contribution < -0.4 is 5.56 Å². The van der Waals surface area contributed by atoms with E-state index in [2.05, 4.69) is 14.9 Å². The van der Waals surface area contributed by atoms with Crippen molar-refractivity contribution in [1.29, 1.82) is 0 Å². The molecule has 2 aromatic rings. The first-order valence-electron chi connectivity index (χ1n) is 9.47. The van der Waals surface area contributed by atoms with Crippen molar-refractivity contribution in [1.82, 2.24) is 14.9 Å². The van der Waals surface area contributed by atoms with Gasteiger partial charge in [-0.15, -0.1) is 0 Å². The summed E-state index contributed by atoms with van der Waals surface area (Å²) in [7, 11) is 1.35. The normalized spacial score (nSPS) is 23.6. The number of rotatable bonds is 3. The van der Waals surface area contributed by atoms with Gasteiger partial charge in [0.15, 0.2) is 0 Å². The van der Waals surface area contributed by atoms with Crippen LogP contribution in [0.3, 0.4) is 0 Å². The van der Waals surface area contributed by atoms with Gasteiger partial charge in [0, 0.05) is 6.54 Å². The number of hydrogen-bond donors (Lipinski definition) is 1. The highest BCUT2D eigenvalue weighted by Gasteiger charge is 2.31. The Labute approximate surface area is 152 Å². The van der Waals surface area contributed by atoms with Crippen LogP contribution in [0.15, 0.2) is 23.0 Å². The maximum atomic E-state index is 12.4. The number of fused-ring (bicyclic) bond motifs is 2. The first-order chi connectivity index (χ1) is 12.6. The summed E-state index contributed by atoms with van der Waals surface area (Å²) in [5.74, 6) is 1.91. The van der Waals surface area contributed by atoms with Crippen LogP contribution in [-0.4, -0.2) is 41.0 Å². The van der Waals surface area contributed by atoms with Crippen molar-refractivity contribution >= 4 is 16.9 Å². The molecule has 0 radical (unpaired) electrons. The third-order valence-electron chi connectivity index (χ3n) is 5.93. The average molecular weight is 355 g/mol. The Kier molecular flexibility index (Phi) is 4.76. The fraction of sp³-hybridized carbons (Fsp3) is 0.550. The first kappa shape index (κ1) is 17.2. The number of benzene rings is 1. The fourth-order valence-electron chi connectivity index (χ4n) is 4.54. The first-order valence-corrected chi connectivity index (χ1v) is 9.47. The summed E-state index contributed by atoms with van der Waals surface area (Å²) < 4.78 is 4.76. The molecular formula is C20H25N3O3. The van der Waals surface area contributed by atoms with Gasteiger partial charge in [-0.05, 0) is 49.4 Å². The smallest absolute Gasteiger partial charge is 0.337 e. The highest BCUT2D eigenvalue weighted by atomic mass is 16.5.